The molecule has 2 rings (SSSR count). The van der Waals surface area contributed by atoms with Crippen LogP contribution < -0.4 is 5.32 Å². The molecule has 17 heavy (non-hydrogen) atoms. The summed E-state index contributed by atoms with van der Waals surface area (Å²) in [5.41, 5.74) is 1.02. The molecule has 1 fully saturated rings. The van der Waals surface area contributed by atoms with Crippen molar-refractivity contribution in [3.63, 3.8) is 0 Å². The fraction of sp³-hybridized carbons (Fsp3) is 0.714. The number of aromatic nitrogens is 2. The average molecular weight is 233 g/mol. The normalized spacial score (nSPS) is 24.6. The van der Waals surface area contributed by atoms with Crippen molar-refractivity contribution < 1.29 is 0 Å². The summed E-state index contributed by atoms with van der Waals surface area (Å²) in [5.74, 6) is 2.62. The van der Waals surface area contributed by atoms with Gasteiger partial charge in [0.1, 0.15) is 0 Å². The molecule has 1 N–H and O–H groups in total. The topological polar surface area (TPSA) is 37.8 Å². The van der Waals surface area contributed by atoms with Crippen molar-refractivity contribution >= 4 is 5.95 Å². The summed E-state index contributed by atoms with van der Waals surface area (Å²) < 4.78 is 0. The monoisotopic (exact) mass is 233 g/mol. The number of hydrogen-bond donors (Lipinski definition) is 1. The number of anilines is 1. The third kappa shape index (κ3) is 3.99. The molecule has 0 spiro atoms. The standard InChI is InChI=1S/C14H23N3/c1-11-3-5-13(6-4-11)8-10-16-14-15-9-7-12(2)17-14/h7,9,11,13H,3-6,8,10H2,1-2H3,(H,15,16,17). The molecular formula is C14H23N3. The molecule has 3 heteroatoms. The lowest BCUT2D eigenvalue weighted by Crippen LogP contribution is -2.16. The summed E-state index contributed by atoms with van der Waals surface area (Å²) in [6.45, 7) is 5.37. The Morgan fingerprint density at radius 2 is 2.06 bits per heavy atom. The molecule has 1 aromatic rings. The Hall–Kier alpha value is -1.12. The summed E-state index contributed by atoms with van der Waals surface area (Å²) >= 11 is 0. The van der Waals surface area contributed by atoms with Crippen LogP contribution in [-0.4, -0.2) is 16.5 Å². The van der Waals surface area contributed by atoms with Crippen molar-refractivity contribution in [3.05, 3.63) is 18.0 Å². The lowest BCUT2D eigenvalue weighted by Gasteiger charge is -2.26. The van der Waals surface area contributed by atoms with E-state index in [1.54, 1.807) is 0 Å². The zero-order chi connectivity index (χ0) is 12.1. The van der Waals surface area contributed by atoms with Gasteiger partial charge in [-0.2, -0.15) is 0 Å². The molecule has 94 valence electrons. The van der Waals surface area contributed by atoms with Crippen LogP contribution in [0.5, 0.6) is 0 Å². The Morgan fingerprint density at radius 3 is 2.76 bits per heavy atom. The highest BCUT2D eigenvalue weighted by Crippen LogP contribution is 2.30. The van der Waals surface area contributed by atoms with Crippen molar-refractivity contribution in [1.82, 2.24) is 9.97 Å². The fourth-order valence-electron chi connectivity index (χ4n) is 2.54. The van der Waals surface area contributed by atoms with Gasteiger partial charge in [0.2, 0.25) is 5.95 Å². The summed E-state index contributed by atoms with van der Waals surface area (Å²) in [6, 6.07) is 1.92. The second kappa shape index (κ2) is 5.99. The molecule has 1 heterocycles. The summed E-state index contributed by atoms with van der Waals surface area (Å²) in [7, 11) is 0. The molecule has 0 aromatic carbocycles. The molecule has 0 saturated heterocycles. The molecular weight excluding hydrogens is 210 g/mol. The summed E-state index contributed by atoms with van der Waals surface area (Å²) in [6.07, 6.45) is 8.68. The van der Waals surface area contributed by atoms with Gasteiger partial charge >= 0.3 is 0 Å². The molecule has 0 atom stereocenters. The highest BCUT2D eigenvalue weighted by Gasteiger charge is 2.17. The van der Waals surface area contributed by atoms with Crippen LogP contribution in [0.4, 0.5) is 5.95 Å². The van der Waals surface area contributed by atoms with Crippen LogP contribution in [-0.2, 0) is 0 Å². The fourth-order valence-corrected chi connectivity index (χ4v) is 2.54. The van der Waals surface area contributed by atoms with Crippen LogP contribution in [0.3, 0.4) is 0 Å². The van der Waals surface area contributed by atoms with Gasteiger partial charge in [-0.05, 0) is 31.2 Å². The predicted octanol–water partition coefficient (Wildman–Crippen LogP) is 3.41. The van der Waals surface area contributed by atoms with Gasteiger partial charge in [-0.25, -0.2) is 9.97 Å². The van der Waals surface area contributed by atoms with E-state index >= 15 is 0 Å². The van der Waals surface area contributed by atoms with Crippen LogP contribution >= 0.6 is 0 Å². The van der Waals surface area contributed by atoms with Gasteiger partial charge in [-0.3, -0.25) is 0 Å². The van der Waals surface area contributed by atoms with Crippen LogP contribution in [0, 0.1) is 18.8 Å². The number of rotatable bonds is 4. The number of nitrogens with one attached hydrogen (secondary N) is 1. The van der Waals surface area contributed by atoms with Gasteiger partial charge < -0.3 is 5.32 Å². The molecule has 0 radical (unpaired) electrons. The second-order valence-electron chi connectivity index (χ2n) is 5.36. The van der Waals surface area contributed by atoms with E-state index in [1.165, 1.54) is 32.1 Å². The van der Waals surface area contributed by atoms with Crippen LogP contribution in [0.25, 0.3) is 0 Å². The SMILES string of the molecule is Cc1ccnc(NCCC2CCC(C)CC2)n1. The van der Waals surface area contributed by atoms with E-state index < -0.39 is 0 Å². The first-order valence-electron chi connectivity index (χ1n) is 6.77. The van der Waals surface area contributed by atoms with E-state index in [-0.39, 0.29) is 0 Å². The maximum atomic E-state index is 4.35. The van der Waals surface area contributed by atoms with Crippen molar-refractivity contribution in [2.45, 2.75) is 46.0 Å². The van der Waals surface area contributed by atoms with Crippen LogP contribution in [0.15, 0.2) is 12.3 Å². The molecule has 1 saturated carbocycles. The Balaban J connectivity index is 1.69. The zero-order valence-electron chi connectivity index (χ0n) is 10.9. The number of aryl methyl sites for hydroxylation is 1. The molecule has 0 unspecified atom stereocenters. The van der Waals surface area contributed by atoms with E-state index in [2.05, 4.69) is 22.2 Å². The van der Waals surface area contributed by atoms with Crippen LogP contribution in [0.2, 0.25) is 0 Å². The molecule has 3 nitrogen and oxygen atoms in total. The summed E-state index contributed by atoms with van der Waals surface area (Å²) in [4.78, 5) is 8.56. The van der Waals surface area contributed by atoms with Crippen molar-refractivity contribution in [3.8, 4) is 0 Å². The Morgan fingerprint density at radius 1 is 1.29 bits per heavy atom. The van der Waals surface area contributed by atoms with Crippen molar-refractivity contribution in [2.75, 3.05) is 11.9 Å². The highest BCUT2D eigenvalue weighted by atomic mass is 15.1. The average Bonchev–Trinajstić information content (AvgIpc) is 2.32. The van der Waals surface area contributed by atoms with Crippen molar-refractivity contribution in [1.29, 1.82) is 0 Å². The van der Waals surface area contributed by atoms with Gasteiger partial charge in [0.05, 0.1) is 0 Å². The van der Waals surface area contributed by atoms with Crippen LogP contribution in [0.1, 0.15) is 44.7 Å². The van der Waals surface area contributed by atoms with Gasteiger partial charge in [0.25, 0.3) is 0 Å². The lowest BCUT2D eigenvalue weighted by molar-refractivity contribution is 0.282. The molecule has 1 aliphatic rings. The smallest absolute Gasteiger partial charge is 0.222 e. The first-order chi connectivity index (χ1) is 8.24. The maximum Gasteiger partial charge on any atom is 0.222 e. The van der Waals surface area contributed by atoms with E-state index in [0.29, 0.717) is 0 Å². The minimum absolute atomic E-state index is 0.772. The molecule has 1 aliphatic carbocycles. The van der Waals surface area contributed by atoms with Gasteiger partial charge in [-0.15, -0.1) is 0 Å². The zero-order valence-corrected chi connectivity index (χ0v) is 10.9. The van der Waals surface area contributed by atoms with E-state index in [4.69, 9.17) is 0 Å². The maximum absolute atomic E-state index is 4.35. The Kier molecular flexibility index (Phi) is 4.35. The van der Waals surface area contributed by atoms with E-state index in [1.807, 2.05) is 19.2 Å². The second-order valence-corrected chi connectivity index (χ2v) is 5.36. The first kappa shape index (κ1) is 12.3. The number of hydrogen-bond acceptors (Lipinski definition) is 3. The van der Waals surface area contributed by atoms with E-state index in [0.717, 1.165) is 30.0 Å². The molecule has 0 amide bonds. The quantitative estimate of drug-likeness (QED) is 0.866. The summed E-state index contributed by atoms with van der Waals surface area (Å²) in [5, 5.41) is 3.32. The van der Waals surface area contributed by atoms with E-state index in [9.17, 15) is 0 Å². The minimum Gasteiger partial charge on any atom is -0.354 e. The molecule has 1 aromatic heterocycles. The molecule has 0 bridgehead atoms. The van der Waals surface area contributed by atoms with Crippen molar-refractivity contribution in [2.24, 2.45) is 11.8 Å². The first-order valence-corrected chi connectivity index (χ1v) is 6.77. The third-order valence-electron chi connectivity index (χ3n) is 3.77. The van der Waals surface area contributed by atoms with Gasteiger partial charge in [-0.1, -0.05) is 32.6 Å². The van der Waals surface area contributed by atoms with Gasteiger partial charge in [0, 0.05) is 18.4 Å². The number of nitrogens with zero attached hydrogens (tertiary/aromatic N) is 2. The largest absolute Gasteiger partial charge is 0.354 e. The minimum atomic E-state index is 0.772. The highest BCUT2D eigenvalue weighted by molar-refractivity contribution is 5.24. The molecule has 0 aliphatic heterocycles. The lowest BCUT2D eigenvalue weighted by atomic mass is 9.81. The van der Waals surface area contributed by atoms with Gasteiger partial charge in [0.15, 0.2) is 0 Å². The Bertz CT molecular complexity index is 343. The third-order valence-corrected chi connectivity index (χ3v) is 3.77. The predicted molar refractivity (Wildman–Crippen MR) is 71.0 cm³/mol. The Labute approximate surface area is 104 Å².